The molecule has 0 amide bonds. The predicted octanol–water partition coefficient (Wildman–Crippen LogP) is 2.69. The Hall–Kier alpha value is -1.92. The summed E-state index contributed by atoms with van der Waals surface area (Å²) in [4.78, 5) is 18.8. The van der Waals surface area contributed by atoms with Crippen LogP contribution in [-0.4, -0.2) is 28.0 Å². The highest BCUT2D eigenvalue weighted by atomic mass is 16.6. The van der Waals surface area contributed by atoms with Crippen molar-refractivity contribution in [2.24, 2.45) is 5.92 Å². The van der Waals surface area contributed by atoms with Gasteiger partial charge in [-0.25, -0.2) is 4.98 Å². The van der Waals surface area contributed by atoms with E-state index in [1.54, 1.807) is 6.92 Å². The van der Waals surface area contributed by atoms with Gasteiger partial charge < -0.3 is 10.1 Å². The molecule has 0 aromatic carbocycles. The number of nitro groups is 1. The first-order chi connectivity index (χ1) is 9.61. The van der Waals surface area contributed by atoms with Crippen molar-refractivity contribution in [2.75, 3.05) is 18.5 Å². The second-order valence-electron chi connectivity index (χ2n) is 5.01. The zero-order valence-electron chi connectivity index (χ0n) is 11.9. The molecule has 1 aromatic rings. The van der Waals surface area contributed by atoms with Crippen molar-refractivity contribution in [3.05, 3.63) is 15.8 Å². The van der Waals surface area contributed by atoms with Crippen LogP contribution in [0.2, 0.25) is 0 Å². The third-order valence-corrected chi connectivity index (χ3v) is 3.53. The second kappa shape index (κ2) is 6.49. The average molecular weight is 280 g/mol. The van der Waals surface area contributed by atoms with E-state index in [0.29, 0.717) is 30.7 Å². The first-order valence-electron chi connectivity index (χ1n) is 7.01. The fraction of sp³-hybridized carbons (Fsp3) is 0.692. The molecule has 7 nitrogen and oxygen atoms in total. The Bertz CT molecular complexity index is 489. The van der Waals surface area contributed by atoms with Gasteiger partial charge in [-0.05, 0) is 26.2 Å². The summed E-state index contributed by atoms with van der Waals surface area (Å²) in [5.74, 6) is 1.14. The zero-order chi connectivity index (χ0) is 14.5. The summed E-state index contributed by atoms with van der Waals surface area (Å²) >= 11 is 0. The second-order valence-corrected chi connectivity index (χ2v) is 5.01. The summed E-state index contributed by atoms with van der Waals surface area (Å²) in [5, 5.41) is 14.1. The Balaban J connectivity index is 2.11. The number of ether oxygens (including phenoxy) is 1. The number of rotatable bonds is 7. The fourth-order valence-corrected chi connectivity index (χ4v) is 2.19. The normalized spacial score (nSPS) is 14.7. The quantitative estimate of drug-likeness (QED) is 0.610. The largest absolute Gasteiger partial charge is 0.473 e. The van der Waals surface area contributed by atoms with Gasteiger partial charge in [0.25, 0.3) is 5.88 Å². The van der Waals surface area contributed by atoms with Crippen LogP contribution < -0.4 is 10.1 Å². The molecule has 1 heterocycles. The van der Waals surface area contributed by atoms with Crippen LogP contribution in [0.4, 0.5) is 11.6 Å². The molecule has 2 rings (SSSR count). The molecular formula is C13H20N4O3. The number of aryl methyl sites for hydroxylation is 1. The van der Waals surface area contributed by atoms with Crippen molar-refractivity contribution in [1.82, 2.24) is 9.97 Å². The molecule has 20 heavy (non-hydrogen) atoms. The molecule has 1 fully saturated rings. The molecule has 0 unspecified atom stereocenters. The van der Waals surface area contributed by atoms with Gasteiger partial charge in [0.1, 0.15) is 5.69 Å². The van der Waals surface area contributed by atoms with E-state index in [0.717, 1.165) is 6.42 Å². The van der Waals surface area contributed by atoms with E-state index in [9.17, 15) is 10.1 Å². The minimum atomic E-state index is -0.482. The summed E-state index contributed by atoms with van der Waals surface area (Å²) in [5.41, 5.74) is 0.180. The lowest BCUT2D eigenvalue weighted by atomic mass is 9.83. The standard InChI is InChI=1S/C13H20N4O3/c1-3-14-13-15-9(2)11(17(18)19)12(16-13)20-8-7-10-5-4-6-10/h10H,3-8H2,1-2H3,(H,14,15,16). The molecule has 1 N–H and O–H groups in total. The first kappa shape index (κ1) is 14.5. The summed E-state index contributed by atoms with van der Waals surface area (Å²) in [6, 6.07) is 0. The fourth-order valence-electron chi connectivity index (χ4n) is 2.19. The molecule has 0 spiro atoms. The predicted molar refractivity (Wildman–Crippen MR) is 75.0 cm³/mol. The lowest BCUT2D eigenvalue weighted by Gasteiger charge is -2.24. The number of hydrogen-bond acceptors (Lipinski definition) is 6. The average Bonchev–Trinajstić information content (AvgIpc) is 2.31. The lowest BCUT2D eigenvalue weighted by Crippen LogP contribution is -2.16. The monoisotopic (exact) mass is 280 g/mol. The van der Waals surface area contributed by atoms with E-state index in [2.05, 4.69) is 15.3 Å². The number of aromatic nitrogens is 2. The summed E-state index contributed by atoms with van der Waals surface area (Å²) in [7, 11) is 0. The minimum Gasteiger partial charge on any atom is -0.473 e. The van der Waals surface area contributed by atoms with Crippen molar-refractivity contribution in [3.8, 4) is 5.88 Å². The maximum absolute atomic E-state index is 11.1. The van der Waals surface area contributed by atoms with Crippen molar-refractivity contribution < 1.29 is 9.66 Å². The number of hydrogen-bond donors (Lipinski definition) is 1. The van der Waals surface area contributed by atoms with Crippen molar-refractivity contribution in [3.63, 3.8) is 0 Å². The highest BCUT2D eigenvalue weighted by Crippen LogP contribution is 2.31. The van der Waals surface area contributed by atoms with E-state index in [1.807, 2.05) is 6.92 Å². The Morgan fingerprint density at radius 1 is 1.45 bits per heavy atom. The van der Waals surface area contributed by atoms with Gasteiger partial charge in [0, 0.05) is 6.54 Å². The van der Waals surface area contributed by atoms with Crippen molar-refractivity contribution in [2.45, 2.75) is 39.5 Å². The molecule has 7 heteroatoms. The summed E-state index contributed by atoms with van der Waals surface area (Å²) in [6.07, 6.45) is 4.67. The van der Waals surface area contributed by atoms with Crippen LogP contribution >= 0.6 is 0 Å². The minimum absolute atomic E-state index is 0.0674. The summed E-state index contributed by atoms with van der Waals surface area (Å²) < 4.78 is 5.54. The van der Waals surface area contributed by atoms with E-state index >= 15 is 0 Å². The van der Waals surface area contributed by atoms with Crippen LogP contribution in [-0.2, 0) is 0 Å². The molecule has 1 aliphatic carbocycles. The van der Waals surface area contributed by atoms with Gasteiger partial charge in [-0.3, -0.25) is 10.1 Å². The Morgan fingerprint density at radius 3 is 2.75 bits per heavy atom. The van der Waals surface area contributed by atoms with Crippen LogP contribution in [0.15, 0.2) is 0 Å². The Morgan fingerprint density at radius 2 is 2.20 bits per heavy atom. The maximum Gasteiger partial charge on any atom is 0.352 e. The number of nitrogens with one attached hydrogen (secondary N) is 1. The molecule has 0 bridgehead atoms. The van der Waals surface area contributed by atoms with Crippen LogP contribution in [0.3, 0.4) is 0 Å². The van der Waals surface area contributed by atoms with Gasteiger partial charge in [0.2, 0.25) is 5.95 Å². The van der Waals surface area contributed by atoms with E-state index in [1.165, 1.54) is 19.3 Å². The first-order valence-corrected chi connectivity index (χ1v) is 7.01. The van der Waals surface area contributed by atoms with Crippen LogP contribution in [0.1, 0.15) is 38.3 Å². The molecule has 0 saturated heterocycles. The number of nitrogens with zero attached hydrogens (tertiary/aromatic N) is 3. The zero-order valence-corrected chi connectivity index (χ0v) is 11.9. The Kier molecular flexibility index (Phi) is 4.70. The van der Waals surface area contributed by atoms with Gasteiger partial charge >= 0.3 is 5.69 Å². The topological polar surface area (TPSA) is 90.2 Å². The molecule has 1 aromatic heterocycles. The maximum atomic E-state index is 11.1. The van der Waals surface area contributed by atoms with Crippen LogP contribution in [0.5, 0.6) is 5.88 Å². The lowest BCUT2D eigenvalue weighted by molar-refractivity contribution is -0.387. The van der Waals surface area contributed by atoms with Gasteiger partial charge in [0.15, 0.2) is 0 Å². The molecule has 0 atom stereocenters. The van der Waals surface area contributed by atoms with Gasteiger partial charge in [0.05, 0.1) is 11.5 Å². The molecular weight excluding hydrogens is 260 g/mol. The molecule has 1 aliphatic rings. The van der Waals surface area contributed by atoms with Crippen LogP contribution in [0.25, 0.3) is 0 Å². The summed E-state index contributed by atoms with van der Waals surface area (Å²) in [6.45, 7) is 4.63. The van der Waals surface area contributed by atoms with E-state index in [-0.39, 0.29) is 11.6 Å². The third kappa shape index (κ3) is 3.34. The molecule has 110 valence electrons. The molecule has 0 aliphatic heterocycles. The van der Waals surface area contributed by atoms with E-state index in [4.69, 9.17) is 4.74 Å². The van der Waals surface area contributed by atoms with E-state index < -0.39 is 4.92 Å². The van der Waals surface area contributed by atoms with Crippen LogP contribution in [0, 0.1) is 23.0 Å². The Labute approximate surface area is 117 Å². The third-order valence-electron chi connectivity index (χ3n) is 3.53. The van der Waals surface area contributed by atoms with Crippen molar-refractivity contribution >= 4 is 11.6 Å². The number of anilines is 1. The van der Waals surface area contributed by atoms with Gasteiger partial charge in [-0.1, -0.05) is 19.3 Å². The SMILES string of the molecule is CCNc1nc(C)c([N+](=O)[O-])c(OCCC2CCC2)n1. The molecule has 0 radical (unpaired) electrons. The molecule has 1 saturated carbocycles. The van der Waals surface area contributed by atoms with Gasteiger partial charge in [-0.2, -0.15) is 4.98 Å². The highest BCUT2D eigenvalue weighted by molar-refractivity contribution is 5.48. The smallest absolute Gasteiger partial charge is 0.352 e. The highest BCUT2D eigenvalue weighted by Gasteiger charge is 2.24. The van der Waals surface area contributed by atoms with Crippen molar-refractivity contribution in [1.29, 1.82) is 0 Å². The van der Waals surface area contributed by atoms with Gasteiger partial charge in [-0.15, -0.1) is 0 Å².